The van der Waals surface area contributed by atoms with Crippen molar-refractivity contribution in [2.24, 2.45) is 0 Å². The van der Waals surface area contributed by atoms with Crippen LogP contribution >= 0.6 is 0 Å². The predicted octanol–water partition coefficient (Wildman–Crippen LogP) is 2.27. The fourth-order valence-electron chi connectivity index (χ4n) is 2.21. The van der Waals surface area contributed by atoms with Crippen LogP contribution in [-0.2, 0) is 13.1 Å². The summed E-state index contributed by atoms with van der Waals surface area (Å²) in [5.74, 6) is 0.971. The van der Waals surface area contributed by atoms with Crippen molar-refractivity contribution in [1.29, 1.82) is 0 Å². The summed E-state index contributed by atoms with van der Waals surface area (Å²) in [6.07, 6.45) is 2.64. The number of nitrogens with zero attached hydrogens (tertiary/aromatic N) is 4. The molecule has 0 fully saturated rings. The molecule has 1 amide bonds. The summed E-state index contributed by atoms with van der Waals surface area (Å²) in [7, 11) is 0. The Labute approximate surface area is 133 Å². The van der Waals surface area contributed by atoms with Gasteiger partial charge in [0.25, 0.3) is 5.91 Å². The van der Waals surface area contributed by atoms with Gasteiger partial charge in [-0.3, -0.25) is 4.79 Å². The van der Waals surface area contributed by atoms with Crippen molar-refractivity contribution in [2.75, 3.05) is 0 Å². The third-order valence-corrected chi connectivity index (χ3v) is 3.37. The van der Waals surface area contributed by atoms with E-state index < -0.39 is 0 Å². The van der Waals surface area contributed by atoms with Crippen LogP contribution in [0.5, 0.6) is 0 Å². The molecule has 0 aliphatic heterocycles. The second-order valence-corrected chi connectivity index (χ2v) is 5.07. The lowest BCUT2D eigenvalue weighted by Gasteiger charge is -2.05. The summed E-state index contributed by atoms with van der Waals surface area (Å²) in [6, 6.07) is 11.1. The van der Waals surface area contributed by atoms with E-state index in [1.165, 1.54) is 0 Å². The Bertz CT molecular complexity index is 779. The zero-order valence-corrected chi connectivity index (χ0v) is 12.8. The molecule has 0 bridgehead atoms. The molecule has 2 aromatic heterocycles. The molecule has 7 heteroatoms. The van der Waals surface area contributed by atoms with Crippen molar-refractivity contribution < 1.29 is 9.32 Å². The number of rotatable bonds is 6. The molecule has 3 rings (SSSR count). The summed E-state index contributed by atoms with van der Waals surface area (Å²) in [5.41, 5.74) is 1.12. The van der Waals surface area contributed by atoms with Crippen LogP contribution in [0.25, 0.3) is 11.3 Å². The van der Waals surface area contributed by atoms with Gasteiger partial charge in [-0.15, -0.1) is 10.2 Å². The number of nitrogens with one attached hydrogen (secondary N) is 1. The topological polar surface area (TPSA) is 85.8 Å². The fourth-order valence-corrected chi connectivity index (χ4v) is 2.21. The summed E-state index contributed by atoms with van der Waals surface area (Å²) in [4.78, 5) is 12.2. The van der Waals surface area contributed by atoms with Crippen molar-refractivity contribution >= 4 is 5.91 Å². The molecule has 0 atom stereocenters. The Hall–Kier alpha value is -2.96. The van der Waals surface area contributed by atoms with Crippen molar-refractivity contribution in [1.82, 2.24) is 25.2 Å². The molecule has 23 heavy (non-hydrogen) atoms. The maximum absolute atomic E-state index is 12.2. The maximum atomic E-state index is 12.2. The lowest BCUT2D eigenvalue weighted by atomic mass is 10.1. The molecule has 1 N–H and O–H groups in total. The summed E-state index contributed by atoms with van der Waals surface area (Å²) in [5, 5.41) is 14.5. The second kappa shape index (κ2) is 6.87. The van der Waals surface area contributed by atoms with Crippen LogP contribution in [-0.4, -0.2) is 25.8 Å². The highest BCUT2D eigenvalue weighted by molar-refractivity contribution is 5.92. The number of hydrogen-bond acceptors (Lipinski definition) is 5. The molecule has 0 spiro atoms. The van der Waals surface area contributed by atoms with Crippen LogP contribution in [0.4, 0.5) is 0 Å². The van der Waals surface area contributed by atoms with Crippen LogP contribution in [0, 0.1) is 0 Å². The molecule has 2 heterocycles. The van der Waals surface area contributed by atoms with Crippen molar-refractivity contribution in [3.8, 4) is 11.3 Å². The van der Waals surface area contributed by atoms with Crippen molar-refractivity contribution in [2.45, 2.75) is 26.4 Å². The number of amides is 1. The average molecular weight is 311 g/mol. The van der Waals surface area contributed by atoms with E-state index in [-0.39, 0.29) is 11.6 Å². The Morgan fingerprint density at radius 1 is 1.30 bits per heavy atom. The van der Waals surface area contributed by atoms with Crippen molar-refractivity contribution in [3.05, 3.63) is 54.2 Å². The Morgan fingerprint density at radius 3 is 2.91 bits per heavy atom. The fraction of sp³-hybridized carbons (Fsp3) is 0.250. The molecule has 118 valence electrons. The molecule has 0 saturated heterocycles. The van der Waals surface area contributed by atoms with Gasteiger partial charge in [0.15, 0.2) is 17.3 Å². The van der Waals surface area contributed by atoms with E-state index >= 15 is 0 Å². The van der Waals surface area contributed by atoms with Crippen molar-refractivity contribution in [3.63, 3.8) is 0 Å². The van der Waals surface area contributed by atoms with Crippen LogP contribution in [0.3, 0.4) is 0 Å². The van der Waals surface area contributed by atoms with Gasteiger partial charge >= 0.3 is 0 Å². The minimum Gasteiger partial charge on any atom is -0.355 e. The molecule has 1 aromatic carbocycles. The van der Waals surface area contributed by atoms with Gasteiger partial charge in [-0.25, -0.2) is 0 Å². The first-order valence-electron chi connectivity index (χ1n) is 7.45. The Kier molecular flexibility index (Phi) is 4.46. The van der Waals surface area contributed by atoms with Crippen LogP contribution in [0.2, 0.25) is 0 Å². The number of aryl methyl sites for hydroxylation is 1. The normalized spacial score (nSPS) is 10.7. The first-order valence-corrected chi connectivity index (χ1v) is 7.45. The van der Waals surface area contributed by atoms with Gasteiger partial charge in [0, 0.05) is 18.2 Å². The number of aromatic nitrogens is 4. The molecule has 7 nitrogen and oxygen atoms in total. The third-order valence-electron chi connectivity index (χ3n) is 3.37. The minimum atomic E-state index is -0.304. The first-order chi connectivity index (χ1) is 11.3. The molecule has 0 aliphatic rings. The standard InChI is InChI=1S/C16H17N5O2/c1-2-8-21-11-18-19-15(21)10-17-16(22)13-9-14(23-20-13)12-6-4-3-5-7-12/h3-7,9,11H,2,8,10H2,1H3,(H,17,22). The van der Waals surface area contributed by atoms with Crippen LogP contribution in [0.1, 0.15) is 29.7 Å². The monoisotopic (exact) mass is 311 g/mol. The molecule has 0 aliphatic carbocycles. The SMILES string of the molecule is CCCn1cnnc1CNC(=O)c1cc(-c2ccccc2)on1. The Balaban J connectivity index is 1.65. The van der Waals surface area contributed by atoms with Gasteiger partial charge < -0.3 is 14.4 Å². The molecule has 0 unspecified atom stereocenters. The molecular weight excluding hydrogens is 294 g/mol. The smallest absolute Gasteiger partial charge is 0.273 e. The molecule has 0 saturated carbocycles. The van der Waals surface area contributed by atoms with Gasteiger partial charge in [0.2, 0.25) is 0 Å². The predicted molar refractivity (Wildman–Crippen MR) is 83.4 cm³/mol. The van der Waals surface area contributed by atoms with E-state index in [9.17, 15) is 4.79 Å². The van der Waals surface area contributed by atoms with E-state index in [4.69, 9.17) is 4.52 Å². The number of carbonyl (C=O) groups is 1. The number of benzene rings is 1. The molecule has 3 aromatic rings. The second-order valence-electron chi connectivity index (χ2n) is 5.07. The van der Waals surface area contributed by atoms with Gasteiger partial charge in [-0.1, -0.05) is 42.4 Å². The highest BCUT2D eigenvalue weighted by Crippen LogP contribution is 2.19. The number of carbonyl (C=O) groups excluding carboxylic acids is 1. The molecular formula is C16H17N5O2. The van der Waals surface area contributed by atoms with Gasteiger partial charge in [-0.2, -0.15) is 0 Å². The van der Waals surface area contributed by atoms with Gasteiger partial charge in [0.05, 0.1) is 6.54 Å². The lowest BCUT2D eigenvalue weighted by Crippen LogP contribution is -2.25. The largest absolute Gasteiger partial charge is 0.355 e. The van der Waals surface area contributed by atoms with Crippen LogP contribution < -0.4 is 5.32 Å². The lowest BCUT2D eigenvalue weighted by molar-refractivity contribution is 0.0940. The zero-order valence-electron chi connectivity index (χ0n) is 12.8. The van der Waals surface area contributed by atoms with E-state index in [1.807, 2.05) is 34.9 Å². The highest BCUT2D eigenvalue weighted by atomic mass is 16.5. The highest BCUT2D eigenvalue weighted by Gasteiger charge is 2.14. The number of hydrogen-bond donors (Lipinski definition) is 1. The first kappa shape index (κ1) is 15.0. The Morgan fingerprint density at radius 2 is 2.13 bits per heavy atom. The van der Waals surface area contributed by atoms with Crippen LogP contribution in [0.15, 0.2) is 47.2 Å². The van der Waals surface area contributed by atoms with Gasteiger partial charge in [-0.05, 0) is 6.42 Å². The van der Waals surface area contributed by atoms with E-state index in [1.54, 1.807) is 12.4 Å². The maximum Gasteiger partial charge on any atom is 0.273 e. The summed E-state index contributed by atoms with van der Waals surface area (Å²) in [6.45, 7) is 3.19. The quantitative estimate of drug-likeness (QED) is 0.754. The van der Waals surface area contributed by atoms with E-state index in [0.717, 1.165) is 18.5 Å². The van der Waals surface area contributed by atoms with E-state index in [2.05, 4.69) is 27.6 Å². The average Bonchev–Trinajstić information content (AvgIpc) is 3.23. The zero-order chi connectivity index (χ0) is 16.1. The summed E-state index contributed by atoms with van der Waals surface area (Å²) < 4.78 is 7.14. The molecule has 0 radical (unpaired) electrons. The minimum absolute atomic E-state index is 0.241. The third kappa shape index (κ3) is 3.45. The van der Waals surface area contributed by atoms with E-state index in [0.29, 0.717) is 18.1 Å². The van der Waals surface area contributed by atoms with Gasteiger partial charge in [0.1, 0.15) is 6.33 Å². The summed E-state index contributed by atoms with van der Waals surface area (Å²) >= 11 is 0.